The summed E-state index contributed by atoms with van der Waals surface area (Å²) in [5.41, 5.74) is 6.21. The van der Waals surface area contributed by atoms with Crippen molar-refractivity contribution in [3.05, 3.63) is 53.6 Å². The molecule has 150 valence electrons. The van der Waals surface area contributed by atoms with Crippen molar-refractivity contribution in [2.45, 2.75) is 25.6 Å². The summed E-state index contributed by atoms with van der Waals surface area (Å²) in [7, 11) is 0. The standard InChI is InChI=1S/C21H25NO6/c1-14(23)19-7-2-15(21(22)24)12-20(19)28-17-5-3-16(4-6-17)26-10-11-27-18-8-9-25-13-18/h2-7,12,14,18,23H,8-11,13H2,1H3,(H2,22,24)/t14-,18-/m0/s1. The molecule has 2 atom stereocenters. The van der Waals surface area contributed by atoms with E-state index in [0.717, 1.165) is 13.0 Å². The first-order valence-corrected chi connectivity index (χ1v) is 9.25. The third-order valence-corrected chi connectivity index (χ3v) is 4.39. The van der Waals surface area contributed by atoms with Crippen molar-refractivity contribution >= 4 is 5.91 Å². The number of amides is 1. The van der Waals surface area contributed by atoms with Crippen molar-refractivity contribution in [2.75, 3.05) is 26.4 Å². The van der Waals surface area contributed by atoms with E-state index in [0.29, 0.717) is 48.2 Å². The van der Waals surface area contributed by atoms with E-state index in [9.17, 15) is 9.90 Å². The van der Waals surface area contributed by atoms with Crippen LogP contribution in [0.1, 0.15) is 35.4 Å². The first kappa shape index (κ1) is 20.1. The minimum atomic E-state index is -0.746. The molecule has 0 aliphatic carbocycles. The molecule has 0 spiro atoms. The van der Waals surface area contributed by atoms with Gasteiger partial charge < -0.3 is 29.8 Å². The molecule has 1 aliphatic heterocycles. The van der Waals surface area contributed by atoms with Crippen molar-refractivity contribution in [1.82, 2.24) is 0 Å². The minimum absolute atomic E-state index is 0.165. The van der Waals surface area contributed by atoms with Gasteiger partial charge in [0.05, 0.1) is 25.4 Å². The minimum Gasteiger partial charge on any atom is -0.491 e. The largest absolute Gasteiger partial charge is 0.491 e. The molecule has 0 radical (unpaired) electrons. The second-order valence-corrected chi connectivity index (χ2v) is 6.57. The first-order valence-electron chi connectivity index (χ1n) is 9.25. The van der Waals surface area contributed by atoms with E-state index in [-0.39, 0.29) is 6.10 Å². The van der Waals surface area contributed by atoms with Crippen LogP contribution in [0.2, 0.25) is 0 Å². The fraction of sp³-hybridized carbons (Fsp3) is 0.381. The van der Waals surface area contributed by atoms with Crippen LogP contribution in [0.15, 0.2) is 42.5 Å². The summed E-state index contributed by atoms with van der Waals surface area (Å²) in [6, 6.07) is 11.8. The van der Waals surface area contributed by atoms with Gasteiger partial charge in [0.1, 0.15) is 23.9 Å². The molecule has 0 bridgehead atoms. The van der Waals surface area contributed by atoms with Gasteiger partial charge in [0, 0.05) is 17.7 Å². The van der Waals surface area contributed by atoms with Gasteiger partial charge >= 0.3 is 0 Å². The van der Waals surface area contributed by atoms with E-state index in [2.05, 4.69) is 0 Å². The Hall–Kier alpha value is -2.61. The normalized spacial score (nSPS) is 17.3. The smallest absolute Gasteiger partial charge is 0.248 e. The lowest BCUT2D eigenvalue weighted by atomic mass is 10.1. The molecule has 1 saturated heterocycles. The zero-order valence-corrected chi connectivity index (χ0v) is 15.8. The number of carbonyl (C=O) groups is 1. The molecular formula is C21H25NO6. The maximum Gasteiger partial charge on any atom is 0.248 e. The lowest BCUT2D eigenvalue weighted by Crippen LogP contribution is -2.16. The lowest BCUT2D eigenvalue weighted by molar-refractivity contribution is 0.0265. The molecule has 1 aliphatic rings. The topological polar surface area (TPSA) is 100 Å². The Morgan fingerprint density at radius 2 is 1.96 bits per heavy atom. The monoisotopic (exact) mass is 387 g/mol. The SMILES string of the molecule is C[C@H](O)c1ccc(C(N)=O)cc1Oc1ccc(OCCO[C@H]2CCOC2)cc1. The van der Waals surface area contributed by atoms with Crippen LogP contribution in [0, 0.1) is 0 Å². The van der Waals surface area contributed by atoms with E-state index in [1.807, 2.05) is 0 Å². The third kappa shape index (κ3) is 5.45. The Labute approximate surface area is 164 Å². The van der Waals surface area contributed by atoms with Gasteiger partial charge in [-0.05, 0) is 49.7 Å². The Morgan fingerprint density at radius 1 is 1.21 bits per heavy atom. The molecular weight excluding hydrogens is 362 g/mol. The Bertz CT molecular complexity index is 784. The predicted octanol–water partition coefficient (Wildman–Crippen LogP) is 2.82. The number of aliphatic hydroxyl groups excluding tert-OH is 1. The molecule has 0 saturated carbocycles. The summed E-state index contributed by atoms with van der Waals surface area (Å²) >= 11 is 0. The van der Waals surface area contributed by atoms with E-state index in [4.69, 9.17) is 24.7 Å². The Balaban J connectivity index is 1.57. The molecule has 2 aromatic rings. The summed E-state index contributed by atoms with van der Waals surface area (Å²) in [6.45, 7) is 3.99. The van der Waals surface area contributed by atoms with Gasteiger partial charge in [0.2, 0.25) is 5.91 Å². The maximum absolute atomic E-state index is 11.4. The highest BCUT2D eigenvalue weighted by molar-refractivity contribution is 5.93. The van der Waals surface area contributed by atoms with Crippen molar-refractivity contribution in [3.63, 3.8) is 0 Å². The van der Waals surface area contributed by atoms with Gasteiger partial charge in [-0.2, -0.15) is 0 Å². The van der Waals surface area contributed by atoms with Gasteiger partial charge in [-0.1, -0.05) is 6.07 Å². The van der Waals surface area contributed by atoms with Gasteiger partial charge in [0.25, 0.3) is 0 Å². The number of primary amides is 1. The number of rotatable bonds is 9. The predicted molar refractivity (Wildman–Crippen MR) is 103 cm³/mol. The van der Waals surface area contributed by atoms with Crippen LogP contribution in [0.3, 0.4) is 0 Å². The van der Waals surface area contributed by atoms with E-state index in [1.165, 1.54) is 6.07 Å². The molecule has 0 unspecified atom stereocenters. The highest BCUT2D eigenvalue weighted by atomic mass is 16.6. The number of benzene rings is 2. The van der Waals surface area contributed by atoms with Crippen LogP contribution < -0.4 is 15.2 Å². The second kappa shape index (κ2) is 9.54. The number of ether oxygens (including phenoxy) is 4. The van der Waals surface area contributed by atoms with Crippen LogP contribution in [-0.2, 0) is 9.47 Å². The first-order chi connectivity index (χ1) is 13.5. The molecule has 2 aromatic carbocycles. The maximum atomic E-state index is 11.4. The number of hydrogen-bond donors (Lipinski definition) is 2. The summed E-state index contributed by atoms with van der Waals surface area (Å²) in [6.07, 6.45) is 0.348. The number of hydrogen-bond acceptors (Lipinski definition) is 6. The number of aliphatic hydroxyl groups is 1. The Morgan fingerprint density at radius 3 is 2.61 bits per heavy atom. The van der Waals surface area contributed by atoms with E-state index < -0.39 is 12.0 Å². The molecule has 7 heteroatoms. The number of nitrogens with two attached hydrogens (primary N) is 1. The molecule has 1 heterocycles. The lowest BCUT2D eigenvalue weighted by Gasteiger charge is -2.15. The highest BCUT2D eigenvalue weighted by Gasteiger charge is 2.16. The van der Waals surface area contributed by atoms with Crippen LogP contribution in [0.25, 0.3) is 0 Å². The molecule has 1 fully saturated rings. The zero-order valence-electron chi connectivity index (χ0n) is 15.8. The van der Waals surface area contributed by atoms with Gasteiger partial charge in [-0.15, -0.1) is 0 Å². The van der Waals surface area contributed by atoms with Crippen molar-refractivity contribution in [3.8, 4) is 17.2 Å². The molecule has 28 heavy (non-hydrogen) atoms. The van der Waals surface area contributed by atoms with Gasteiger partial charge in [-0.25, -0.2) is 0 Å². The summed E-state index contributed by atoms with van der Waals surface area (Å²) in [5.74, 6) is 1.07. The van der Waals surface area contributed by atoms with Crippen molar-refractivity contribution < 1.29 is 28.8 Å². The van der Waals surface area contributed by atoms with E-state index in [1.54, 1.807) is 43.3 Å². The summed E-state index contributed by atoms with van der Waals surface area (Å²) in [5, 5.41) is 9.92. The summed E-state index contributed by atoms with van der Waals surface area (Å²) in [4.78, 5) is 11.4. The molecule has 7 nitrogen and oxygen atoms in total. The summed E-state index contributed by atoms with van der Waals surface area (Å²) < 4.78 is 22.4. The van der Waals surface area contributed by atoms with Crippen LogP contribution in [0.5, 0.6) is 17.2 Å². The zero-order chi connectivity index (χ0) is 19.9. The molecule has 0 aromatic heterocycles. The van der Waals surface area contributed by atoms with Crippen molar-refractivity contribution in [1.29, 1.82) is 0 Å². The average molecular weight is 387 g/mol. The van der Waals surface area contributed by atoms with Gasteiger partial charge in [-0.3, -0.25) is 4.79 Å². The fourth-order valence-electron chi connectivity index (χ4n) is 2.87. The third-order valence-electron chi connectivity index (χ3n) is 4.39. The van der Waals surface area contributed by atoms with Crippen LogP contribution >= 0.6 is 0 Å². The molecule has 1 amide bonds. The van der Waals surface area contributed by atoms with Crippen LogP contribution in [-0.4, -0.2) is 43.5 Å². The Kier molecular flexibility index (Phi) is 6.86. The van der Waals surface area contributed by atoms with Crippen LogP contribution in [0.4, 0.5) is 0 Å². The molecule has 3 rings (SSSR count). The van der Waals surface area contributed by atoms with Crippen molar-refractivity contribution in [2.24, 2.45) is 5.73 Å². The highest BCUT2D eigenvalue weighted by Crippen LogP contribution is 2.31. The quantitative estimate of drug-likeness (QED) is 0.642. The average Bonchev–Trinajstić information content (AvgIpc) is 3.19. The fourth-order valence-corrected chi connectivity index (χ4v) is 2.87. The second-order valence-electron chi connectivity index (χ2n) is 6.57. The molecule has 3 N–H and O–H groups in total. The van der Waals surface area contributed by atoms with E-state index >= 15 is 0 Å². The number of carbonyl (C=O) groups excluding carboxylic acids is 1. The van der Waals surface area contributed by atoms with Gasteiger partial charge in [0.15, 0.2) is 0 Å².